The number of aliphatic hydroxyl groups is 1. The van der Waals surface area contributed by atoms with Gasteiger partial charge in [-0.15, -0.1) is 0 Å². The van der Waals surface area contributed by atoms with E-state index in [0.717, 1.165) is 12.8 Å². The van der Waals surface area contributed by atoms with E-state index in [2.05, 4.69) is 13.8 Å². The normalized spacial score (nSPS) is 54.3. The molecule has 1 heterocycles. The van der Waals surface area contributed by atoms with Gasteiger partial charge in [0.15, 0.2) is 0 Å². The van der Waals surface area contributed by atoms with Crippen LogP contribution in [0, 0.1) is 23.7 Å². The van der Waals surface area contributed by atoms with Gasteiger partial charge in [-0.25, -0.2) is 0 Å². The van der Waals surface area contributed by atoms with Gasteiger partial charge in [0.2, 0.25) is 0 Å². The molecule has 0 unspecified atom stereocenters. The zero-order valence-electron chi connectivity index (χ0n) is 11.8. The summed E-state index contributed by atoms with van der Waals surface area (Å²) in [6.07, 6.45) is 2.35. The van der Waals surface area contributed by atoms with E-state index in [4.69, 9.17) is 4.74 Å². The highest BCUT2D eigenvalue weighted by molar-refractivity contribution is 5.82. The van der Waals surface area contributed by atoms with Crippen molar-refractivity contribution in [3.63, 3.8) is 0 Å². The average Bonchev–Trinajstić information content (AvgIpc) is 2.52. The molecule has 3 fully saturated rings. The molecule has 3 heteroatoms. The predicted molar refractivity (Wildman–Crippen MR) is 68.1 cm³/mol. The number of hydrogen-bond acceptors (Lipinski definition) is 3. The first-order valence-corrected chi connectivity index (χ1v) is 7.17. The molecule has 0 aromatic rings. The summed E-state index contributed by atoms with van der Waals surface area (Å²) in [5, 5.41) is 10.6. The minimum atomic E-state index is -0.695. The molecule has 2 aliphatic carbocycles. The number of ether oxygens (including phenoxy) is 1. The molecule has 1 saturated heterocycles. The van der Waals surface area contributed by atoms with Crippen LogP contribution in [0.15, 0.2) is 0 Å². The van der Waals surface area contributed by atoms with Crippen molar-refractivity contribution >= 4 is 5.78 Å². The summed E-state index contributed by atoms with van der Waals surface area (Å²) in [5.74, 6) is 1.19. The lowest BCUT2D eigenvalue weighted by atomic mass is 9.55. The van der Waals surface area contributed by atoms with E-state index in [9.17, 15) is 9.90 Å². The van der Waals surface area contributed by atoms with Crippen LogP contribution in [-0.2, 0) is 9.53 Å². The summed E-state index contributed by atoms with van der Waals surface area (Å²) in [4.78, 5) is 12.1. The molecular formula is C15H24O3. The Morgan fingerprint density at radius 3 is 2.61 bits per heavy atom. The maximum absolute atomic E-state index is 12.1. The number of ketones is 1. The summed E-state index contributed by atoms with van der Waals surface area (Å²) in [6.45, 7) is 8.18. The molecule has 1 aliphatic heterocycles. The Bertz CT molecular complexity index is 385. The first kappa shape index (κ1) is 12.6. The van der Waals surface area contributed by atoms with Crippen molar-refractivity contribution in [2.75, 3.05) is 0 Å². The zero-order valence-corrected chi connectivity index (χ0v) is 11.8. The first-order chi connectivity index (χ1) is 8.24. The fraction of sp³-hybridized carbons (Fsp3) is 0.933. The van der Waals surface area contributed by atoms with E-state index in [-0.39, 0.29) is 29.3 Å². The third-order valence-electron chi connectivity index (χ3n) is 5.82. The Morgan fingerprint density at radius 1 is 1.28 bits per heavy atom. The fourth-order valence-corrected chi connectivity index (χ4v) is 4.68. The maximum Gasteiger partial charge on any atom is 0.138 e. The van der Waals surface area contributed by atoms with Crippen LogP contribution in [0.1, 0.15) is 47.0 Å². The van der Waals surface area contributed by atoms with E-state index in [1.54, 1.807) is 0 Å². The number of carbonyl (C=O) groups is 1. The Balaban J connectivity index is 2.02. The molecule has 0 spiro atoms. The molecule has 102 valence electrons. The topological polar surface area (TPSA) is 46.5 Å². The quantitative estimate of drug-likeness (QED) is 0.718. The minimum Gasteiger partial charge on any atom is -0.390 e. The Kier molecular flexibility index (Phi) is 2.50. The summed E-state index contributed by atoms with van der Waals surface area (Å²) in [7, 11) is 0. The lowest BCUT2D eigenvalue weighted by molar-refractivity contribution is -0.149. The van der Waals surface area contributed by atoms with Gasteiger partial charge in [-0.05, 0) is 51.4 Å². The zero-order chi connectivity index (χ0) is 13.3. The lowest BCUT2D eigenvalue weighted by Gasteiger charge is -2.49. The highest BCUT2D eigenvalue weighted by Gasteiger charge is 2.62. The van der Waals surface area contributed by atoms with Crippen LogP contribution in [0.25, 0.3) is 0 Å². The molecule has 3 nitrogen and oxygen atoms in total. The molecule has 3 rings (SSSR count). The van der Waals surface area contributed by atoms with Crippen LogP contribution in [0.4, 0.5) is 0 Å². The van der Waals surface area contributed by atoms with Gasteiger partial charge in [0.25, 0.3) is 0 Å². The smallest absolute Gasteiger partial charge is 0.138 e. The van der Waals surface area contributed by atoms with Crippen LogP contribution in [0.5, 0.6) is 0 Å². The van der Waals surface area contributed by atoms with Gasteiger partial charge in [0.05, 0.1) is 17.3 Å². The standard InChI is InChI=1S/C15H24O3/c1-8-11(16)7-10-12-9(5-6-15(10,4)17)14(2,3)18-13(8)12/h8-10,12-13,17H,5-7H2,1-4H3/t8-,9+,10-,12+,13+,15-/m1/s1. The van der Waals surface area contributed by atoms with Crippen molar-refractivity contribution in [1.29, 1.82) is 0 Å². The third-order valence-corrected chi connectivity index (χ3v) is 5.82. The van der Waals surface area contributed by atoms with E-state index >= 15 is 0 Å². The van der Waals surface area contributed by atoms with Crippen molar-refractivity contribution in [3.05, 3.63) is 0 Å². The van der Waals surface area contributed by atoms with E-state index in [1.807, 2.05) is 13.8 Å². The van der Waals surface area contributed by atoms with Crippen LogP contribution < -0.4 is 0 Å². The van der Waals surface area contributed by atoms with E-state index in [1.165, 1.54) is 0 Å². The predicted octanol–water partition coefficient (Wildman–Crippen LogP) is 2.17. The van der Waals surface area contributed by atoms with Gasteiger partial charge in [0.1, 0.15) is 5.78 Å². The number of carbonyl (C=O) groups excluding carboxylic acids is 1. The number of hydrogen-bond donors (Lipinski definition) is 1. The number of Topliss-reactive ketones (excluding diaryl/α,β-unsaturated/α-hetero) is 1. The van der Waals surface area contributed by atoms with Gasteiger partial charge < -0.3 is 9.84 Å². The van der Waals surface area contributed by atoms with Gasteiger partial charge in [-0.2, -0.15) is 0 Å². The van der Waals surface area contributed by atoms with Crippen LogP contribution in [-0.4, -0.2) is 28.2 Å². The van der Waals surface area contributed by atoms with Crippen molar-refractivity contribution in [3.8, 4) is 0 Å². The second-order valence-corrected chi connectivity index (χ2v) is 7.33. The summed E-state index contributed by atoms with van der Waals surface area (Å²) >= 11 is 0. The minimum absolute atomic E-state index is 0.00979. The molecular weight excluding hydrogens is 228 g/mol. The summed E-state index contributed by atoms with van der Waals surface area (Å²) in [5.41, 5.74) is -0.845. The molecule has 6 atom stereocenters. The van der Waals surface area contributed by atoms with E-state index < -0.39 is 5.60 Å². The average molecular weight is 252 g/mol. The second kappa shape index (κ2) is 3.57. The molecule has 2 saturated carbocycles. The van der Waals surface area contributed by atoms with Crippen molar-refractivity contribution < 1.29 is 14.6 Å². The van der Waals surface area contributed by atoms with Gasteiger partial charge >= 0.3 is 0 Å². The van der Waals surface area contributed by atoms with Crippen molar-refractivity contribution in [1.82, 2.24) is 0 Å². The second-order valence-electron chi connectivity index (χ2n) is 7.33. The van der Waals surface area contributed by atoms with Crippen LogP contribution in [0.2, 0.25) is 0 Å². The Labute approximate surface area is 109 Å². The fourth-order valence-electron chi connectivity index (χ4n) is 4.68. The highest BCUT2D eigenvalue weighted by Crippen LogP contribution is 2.58. The molecule has 0 amide bonds. The molecule has 0 radical (unpaired) electrons. The van der Waals surface area contributed by atoms with Gasteiger partial charge in [0, 0.05) is 12.3 Å². The van der Waals surface area contributed by atoms with Crippen LogP contribution in [0.3, 0.4) is 0 Å². The van der Waals surface area contributed by atoms with Crippen LogP contribution >= 0.6 is 0 Å². The molecule has 0 aromatic carbocycles. The highest BCUT2D eigenvalue weighted by atomic mass is 16.5. The third kappa shape index (κ3) is 1.53. The molecule has 18 heavy (non-hydrogen) atoms. The molecule has 3 aliphatic rings. The molecule has 0 aromatic heterocycles. The first-order valence-electron chi connectivity index (χ1n) is 7.17. The monoisotopic (exact) mass is 252 g/mol. The van der Waals surface area contributed by atoms with Crippen molar-refractivity contribution in [2.45, 2.75) is 64.3 Å². The summed E-state index contributed by atoms with van der Waals surface area (Å²) in [6, 6.07) is 0. The maximum atomic E-state index is 12.1. The molecule has 0 bridgehead atoms. The van der Waals surface area contributed by atoms with Gasteiger partial charge in [-0.3, -0.25) is 4.79 Å². The Morgan fingerprint density at radius 2 is 1.94 bits per heavy atom. The van der Waals surface area contributed by atoms with E-state index in [0.29, 0.717) is 18.3 Å². The summed E-state index contributed by atoms with van der Waals surface area (Å²) < 4.78 is 6.21. The lowest BCUT2D eigenvalue weighted by Crippen LogP contribution is -2.54. The van der Waals surface area contributed by atoms with Gasteiger partial charge in [-0.1, -0.05) is 6.92 Å². The SMILES string of the molecule is C[C@@H]1C(=O)C[C@@H]2[C@H]3[C@H]1OC(C)(C)[C@H]3CC[C@@]2(C)O. The number of rotatable bonds is 0. The largest absolute Gasteiger partial charge is 0.390 e. The van der Waals surface area contributed by atoms with Crippen molar-refractivity contribution in [2.24, 2.45) is 23.7 Å². The molecule has 1 N–H and O–H groups in total. The Hall–Kier alpha value is -0.410.